The summed E-state index contributed by atoms with van der Waals surface area (Å²) in [5.41, 5.74) is 0.481. The summed E-state index contributed by atoms with van der Waals surface area (Å²) in [5, 5.41) is 11.1. The number of allylic oxidation sites excluding steroid dienone is 4. The van der Waals surface area contributed by atoms with Gasteiger partial charge >= 0.3 is 5.97 Å². The molecule has 10 nitrogen and oxygen atoms in total. The van der Waals surface area contributed by atoms with Crippen LogP contribution in [0.2, 0.25) is 0 Å². The molecule has 1 aromatic carbocycles. The molecule has 2 N–H and O–H groups in total. The van der Waals surface area contributed by atoms with Gasteiger partial charge in [-0.2, -0.15) is 4.72 Å². The molecule has 0 saturated heterocycles. The van der Waals surface area contributed by atoms with E-state index in [1.165, 1.54) is 48.8 Å². The molecule has 0 spiro atoms. The zero-order valence-electron chi connectivity index (χ0n) is 19.9. The smallest absolute Gasteiger partial charge is 0.323 e. The monoisotopic (exact) mass is 575 g/mol. The molecule has 2 heterocycles. The van der Waals surface area contributed by atoms with Gasteiger partial charge in [0, 0.05) is 22.4 Å². The summed E-state index contributed by atoms with van der Waals surface area (Å²) in [6.45, 7) is -0.700. The van der Waals surface area contributed by atoms with Crippen LogP contribution in [0, 0.1) is 5.92 Å². The van der Waals surface area contributed by atoms with Crippen molar-refractivity contribution in [2.45, 2.75) is 12.6 Å². The molecule has 2 atom stereocenters. The molecule has 2 aromatic rings. The van der Waals surface area contributed by atoms with Gasteiger partial charge in [-0.05, 0) is 23.6 Å². The van der Waals surface area contributed by atoms with Gasteiger partial charge in [-0.1, -0.05) is 48.0 Å². The number of carbonyl (C=O) groups excluding carboxylic acids is 2. The summed E-state index contributed by atoms with van der Waals surface area (Å²) in [4.78, 5) is 42.4. The number of amides is 2. The summed E-state index contributed by atoms with van der Waals surface area (Å²) in [7, 11) is -3.08. The molecule has 2 amide bonds. The zero-order chi connectivity index (χ0) is 27.4. The Kier molecular flexibility index (Phi) is 8.26. The molecule has 1 aliphatic carbocycles. The number of methoxy groups -OCH3 is 1. The van der Waals surface area contributed by atoms with Gasteiger partial charge in [0.2, 0.25) is 15.9 Å². The number of fused-ring (bicyclic) bond motifs is 1. The van der Waals surface area contributed by atoms with Gasteiger partial charge in [-0.25, -0.2) is 13.4 Å². The molecule has 0 bridgehead atoms. The number of aliphatic imine (C=N–C) groups is 1. The van der Waals surface area contributed by atoms with E-state index >= 15 is 0 Å². The van der Waals surface area contributed by atoms with E-state index in [0.717, 1.165) is 4.90 Å². The van der Waals surface area contributed by atoms with E-state index in [9.17, 15) is 27.9 Å². The van der Waals surface area contributed by atoms with Crippen LogP contribution in [0.3, 0.4) is 0 Å². The second-order valence-electron chi connectivity index (χ2n) is 8.25. The summed E-state index contributed by atoms with van der Waals surface area (Å²) in [5.74, 6) is -2.92. The van der Waals surface area contributed by atoms with Gasteiger partial charge in [0.15, 0.2) is 0 Å². The number of carbonyl (C=O) groups is 3. The van der Waals surface area contributed by atoms with Crippen LogP contribution in [0.4, 0.5) is 0 Å². The van der Waals surface area contributed by atoms with Crippen LogP contribution < -0.4 is 9.46 Å². The number of carboxylic acid groups (broad SMARTS) is 1. The molecule has 1 aliphatic heterocycles. The predicted molar refractivity (Wildman–Crippen MR) is 142 cm³/mol. The number of halogens is 1. The molecule has 0 saturated carbocycles. The van der Waals surface area contributed by atoms with Crippen molar-refractivity contribution in [2.24, 2.45) is 10.9 Å². The molecule has 0 radical (unpaired) electrons. The van der Waals surface area contributed by atoms with Crippen molar-refractivity contribution in [1.82, 2.24) is 9.62 Å². The van der Waals surface area contributed by atoms with Crippen LogP contribution >= 0.6 is 22.9 Å². The Labute approximate surface area is 227 Å². The minimum atomic E-state index is -4.45. The minimum absolute atomic E-state index is 0.0414. The first kappa shape index (κ1) is 27.5. The molecule has 38 heavy (non-hydrogen) atoms. The number of benzene rings is 1. The number of nitrogens with one attached hydrogen (secondary N) is 1. The van der Waals surface area contributed by atoms with Crippen LogP contribution in [0.5, 0.6) is 5.75 Å². The lowest BCUT2D eigenvalue weighted by atomic mass is 9.96. The highest BCUT2D eigenvalue weighted by Crippen LogP contribution is 2.33. The topological polar surface area (TPSA) is 142 Å². The Balaban J connectivity index is 1.74. The van der Waals surface area contributed by atoms with Gasteiger partial charge in [0.05, 0.1) is 29.3 Å². The number of aliphatic carboxylic acids is 1. The SMILES string of the molecule is COc1ccccc1[C@@H](NS(=O)(=O)C1=CC2C=CC(=O)N=C2C=C1Cl)C(=O)N(CC(=O)O)Cc1cccs1. The third kappa shape index (κ3) is 6.10. The normalized spacial score (nSPS) is 17.6. The molecule has 2 aliphatic rings. The first-order chi connectivity index (χ1) is 18.1. The van der Waals surface area contributed by atoms with Gasteiger partial charge in [-0.3, -0.25) is 14.4 Å². The Morgan fingerprint density at radius 3 is 2.71 bits per heavy atom. The highest BCUT2D eigenvalue weighted by molar-refractivity contribution is 7.93. The van der Waals surface area contributed by atoms with Crippen molar-refractivity contribution in [3.8, 4) is 5.75 Å². The van der Waals surface area contributed by atoms with E-state index < -0.39 is 46.3 Å². The average Bonchev–Trinajstić information content (AvgIpc) is 3.39. The van der Waals surface area contributed by atoms with Crippen LogP contribution in [-0.2, 0) is 31.0 Å². The summed E-state index contributed by atoms with van der Waals surface area (Å²) < 4.78 is 35.0. The Bertz CT molecular complexity index is 1490. The molecule has 0 fully saturated rings. The lowest BCUT2D eigenvalue weighted by Gasteiger charge is -2.28. The number of dihydropyridines is 1. The minimum Gasteiger partial charge on any atom is -0.496 e. The van der Waals surface area contributed by atoms with Crippen LogP contribution in [0.15, 0.2) is 81.0 Å². The first-order valence-electron chi connectivity index (χ1n) is 11.2. The van der Waals surface area contributed by atoms with Crippen LogP contribution in [-0.4, -0.2) is 55.6 Å². The Hall–Kier alpha value is -3.58. The maximum atomic E-state index is 13.8. The molecular weight excluding hydrogens is 554 g/mol. The van der Waals surface area contributed by atoms with Crippen molar-refractivity contribution in [1.29, 1.82) is 0 Å². The van der Waals surface area contributed by atoms with Gasteiger partial charge < -0.3 is 14.7 Å². The first-order valence-corrected chi connectivity index (χ1v) is 13.9. The number of thiophene rings is 1. The van der Waals surface area contributed by atoms with E-state index in [4.69, 9.17) is 16.3 Å². The standard InChI is InChI=1S/C25H22ClN3O7S2/c1-36-20-7-3-2-6-17(20)24(25(33)29(14-23(31)32)13-16-5-4-10-37-16)28-38(34,35)21-11-15-8-9-22(30)27-19(15)12-18(21)26/h2-12,15,24,28H,13-14H2,1H3,(H,31,32)/t15?,24-/m1/s1. The van der Waals surface area contributed by atoms with Crippen molar-refractivity contribution >= 4 is 56.5 Å². The average molecular weight is 576 g/mol. The largest absolute Gasteiger partial charge is 0.496 e. The fraction of sp³-hybridized carbons (Fsp3) is 0.200. The van der Waals surface area contributed by atoms with E-state index in [-0.39, 0.29) is 27.8 Å². The van der Waals surface area contributed by atoms with E-state index in [0.29, 0.717) is 10.6 Å². The van der Waals surface area contributed by atoms with Gasteiger partial charge in [0.1, 0.15) is 18.3 Å². The molecule has 4 rings (SSSR count). The maximum absolute atomic E-state index is 13.8. The Morgan fingerprint density at radius 2 is 2.03 bits per heavy atom. The summed E-state index contributed by atoms with van der Waals surface area (Å²) in [6.07, 6.45) is 5.34. The lowest BCUT2D eigenvalue weighted by Crippen LogP contribution is -2.45. The molecule has 198 valence electrons. The quantitative estimate of drug-likeness (QED) is 0.443. The van der Waals surface area contributed by atoms with Crippen molar-refractivity contribution in [2.75, 3.05) is 13.7 Å². The van der Waals surface area contributed by atoms with E-state index in [2.05, 4.69) is 9.71 Å². The van der Waals surface area contributed by atoms with Crippen LogP contribution in [0.25, 0.3) is 0 Å². The second-order valence-corrected chi connectivity index (χ2v) is 11.4. The fourth-order valence-electron chi connectivity index (χ4n) is 3.97. The number of carboxylic acids is 1. The second kappa shape index (κ2) is 11.4. The third-order valence-electron chi connectivity index (χ3n) is 5.69. The highest BCUT2D eigenvalue weighted by atomic mass is 35.5. The number of sulfonamides is 1. The van der Waals surface area contributed by atoms with Crippen molar-refractivity contribution in [3.63, 3.8) is 0 Å². The molecule has 1 aromatic heterocycles. The summed E-state index contributed by atoms with van der Waals surface area (Å²) >= 11 is 7.62. The van der Waals surface area contributed by atoms with Gasteiger partial charge in [0.25, 0.3) is 5.91 Å². The molecule has 1 unspecified atom stereocenters. The van der Waals surface area contributed by atoms with Crippen LogP contribution in [0.1, 0.15) is 16.5 Å². The highest BCUT2D eigenvalue weighted by Gasteiger charge is 2.36. The Morgan fingerprint density at radius 1 is 1.26 bits per heavy atom. The van der Waals surface area contributed by atoms with E-state index in [1.807, 2.05) is 0 Å². The molecular formula is C25H22ClN3O7S2. The summed E-state index contributed by atoms with van der Waals surface area (Å²) in [6, 6.07) is 8.30. The number of nitrogens with zero attached hydrogens (tertiary/aromatic N) is 2. The maximum Gasteiger partial charge on any atom is 0.323 e. The van der Waals surface area contributed by atoms with Gasteiger partial charge in [-0.15, -0.1) is 11.3 Å². The molecule has 13 heteroatoms. The van der Waals surface area contributed by atoms with E-state index in [1.54, 1.807) is 35.7 Å². The number of para-hydroxylation sites is 1. The number of rotatable bonds is 10. The predicted octanol–water partition coefficient (Wildman–Crippen LogP) is 3.00. The number of ether oxygens (including phenoxy) is 1. The lowest BCUT2D eigenvalue weighted by molar-refractivity contribution is -0.145. The fourth-order valence-corrected chi connectivity index (χ4v) is 6.48. The van der Waals surface area contributed by atoms with Crippen molar-refractivity contribution in [3.05, 3.63) is 86.5 Å². The third-order valence-corrected chi connectivity index (χ3v) is 8.46. The van der Waals surface area contributed by atoms with Crippen molar-refractivity contribution < 1.29 is 32.6 Å². The number of hydrogen-bond acceptors (Lipinski definition) is 7. The zero-order valence-corrected chi connectivity index (χ0v) is 22.3. The number of hydrogen-bond donors (Lipinski definition) is 2.